The number of ketones is 1. The number of carbonyl (C=O) groups excluding carboxylic acids is 2. The molecule has 0 fully saturated rings. The molecule has 0 unspecified atom stereocenters. The van der Waals surface area contributed by atoms with Gasteiger partial charge in [-0.15, -0.1) is 11.3 Å². The van der Waals surface area contributed by atoms with Gasteiger partial charge in [0.05, 0.1) is 6.61 Å². The summed E-state index contributed by atoms with van der Waals surface area (Å²) >= 11 is 1.68. The normalized spacial score (nSPS) is 17.0. The van der Waals surface area contributed by atoms with Gasteiger partial charge >= 0.3 is 5.97 Å². The highest BCUT2D eigenvalue weighted by Gasteiger charge is 2.32. The molecule has 1 atom stereocenters. The van der Waals surface area contributed by atoms with Gasteiger partial charge in [0, 0.05) is 28.5 Å². The number of aromatic amines is 1. The van der Waals surface area contributed by atoms with Gasteiger partial charge < -0.3 is 9.72 Å². The first kappa shape index (κ1) is 17.9. The van der Waals surface area contributed by atoms with Crippen LogP contribution in [0.2, 0.25) is 0 Å². The van der Waals surface area contributed by atoms with Gasteiger partial charge in [0.25, 0.3) is 0 Å². The highest BCUT2D eigenvalue weighted by Crippen LogP contribution is 2.36. The van der Waals surface area contributed by atoms with E-state index in [2.05, 4.69) is 24.9 Å². The number of esters is 1. The number of H-pyrrole nitrogens is 1. The van der Waals surface area contributed by atoms with Crippen LogP contribution in [-0.4, -0.2) is 23.3 Å². The molecular formula is C20H25NO3S. The Kier molecular flexibility index (Phi) is 5.42. The second kappa shape index (κ2) is 7.56. The molecule has 25 heavy (non-hydrogen) atoms. The lowest BCUT2D eigenvalue weighted by molar-refractivity contribution is 0.0426. The minimum absolute atomic E-state index is 0.118. The SMILES string of the molecule is CCC(CC)COC(=O)c1[nH]c2c(c1C)C(=O)C[C@@H](c1cccs1)C2. The minimum Gasteiger partial charge on any atom is -0.461 e. The predicted molar refractivity (Wildman–Crippen MR) is 99.6 cm³/mol. The molecule has 2 heterocycles. The van der Waals surface area contributed by atoms with Gasteiger partial charge in [-0.1, -0.05) is 32.8 Å². The van der Waals surface area contributed by atoms with Crippen LogP contribution in [0, 0.1) is 12.8 Å². The van der Waals surface area contributed by atoms with Gasteiger partial charge in [-0.25, -0.2) is 4.79 Å². The Labute approximate surface area is 152 Å². The standard InChI is InChI=1S/C20H25NO3S/c1-4-13(5-2)11-24-20(23)19-12(3)18-15(21-19)9-14(10-16(18)22)17-7-6-8-25-17/h6-8,13-14,21H,4-5,9-11H2,1-3H3/t14-/m0/s1. The summed E-state index contributed by atoms with van der Waals surface area (Å²) in [6.45, 7) is 6.47. The molecule has 0 aromatic carbocycles. The van der Waals surface area contributed by atoms with E-state index in [-0.39, 0.29) is 17.7 Å². The second-order valence-electron chi connectivity index (χ2n) is 6.80. The summed E-state index contributed by atoms with van der Waals surface area (Å²) < 4.78 is 5.49. The summed E-state index contributed by atoms with van der Waals surface area (Å²) in [6.07, 6.45) is 3.26. The molecule has 2 aromatic heterocycles. The van der Waals surface area contributed by atoms with Gasteiger partial charge in [-0.2, -0.15) is 0 Å². The van der Waals surface area contributed by atoms with E-state index >= 15 is 0 Å². The van der Waals surface area contributed by atoms with Crippen LogP contribution in [-0.2, 0) is 11.2 Å². The van der Waals surface area contributed by atoms with E-state index in [4.69, 9.17) is 4.74 Å². The summed E-state index contributed by atoms with van der Waals surface area (Å²) in [5.41, 5.74) is 2.75. The number of rotatable bonds is 6. The van der Waals surface area contributed by atoms with Gasteiger partial charge in [0.2, 0.25) is 0 Å². The average Bonchev–Trinajstić information content (AvgIpc) is 3.24. The first-order chi connectivity index (χ1) is 12.0. The fourth-order valence-corrected chi connectivity index (χ4v) is 4.38. The molecule has 0 bridgehead atoms. The van der Waals surface area contributed by atoms with Crippen LogP contribution < -0.4 is 0 Å². The topological polar surface area (TPSA) is 59.2 Å². The number of Topliss-reactive ketones (excluding diaryl/α,β-unsaturated/α-hetero) is 1. The lowest BCUT2D eigenvalue weighted by atomic mass is 9.84. The zero-order valence-electron chi connectivity index (χ0n) is 15.1. The molecule has 0 saturated heterocycles. The molecule has 4 nitrogen and oxygen atoms in total. The van der Waals surface area contributed by atoms with Crippen LogP contribution in [0.1, 0.15) is 76.0 Å². The Morgan fingerprint density at radius 3 is 2.76 bits per heavy atom. The zero-order chi connectivity index (χ0) is 18.0. The lowest BCUT2D eigenvalue weighted by Gasteiger charge is -2.20. The third-order valence-corrected chi connectivity index (χ3v) is 6.28. The molecule has 1 aliphatic carbocycles. The minimum atomic E-state index is -0.348. The van der Waals surface area contributed by atoms with Gasteiger partial charge in [0.1, 0.15) is 5.69 Å². The number of carbonyl (C=O) groups is 2. The van der Waals surface area contributed by atoms with Crippen molar-refractivity contribution in [1.29, 1.82) is 0 Å². The van der Waals surface area contributed by atoms with Gasteiger partial charge in [0.15, 0.2) is 5.78 Å². The van der Waals surface area contributed by atoms with Crippen molar-refractivity contribution in [3.05, 3.63) is 44.9 Å². The van der Waals surface area contributed by atoms with Crippen molar-refractivity contribution in [2.75, 3.05) is 6.61 Å². The van der Waals surface area contributed by atoms with Crippen molar-refractivity contribution in [1.82, 2.24) is 4.98 Å². The molecule has 5 heteroatoms. The van der Waals surface area contributed by atoms with E-state index in [9.17, 15) is 9.59 Å². The van der Waals surface area contributed by atoms with Crippen molar-refractivity contribution in [3.63, 3.8) is 0 Å². The van der Waals surface area contributed by atoms with Crippen molar-refractivity contribution in [2.24, 2.45) is 5.92 Å². The summed E-state index contributed by atoms with van der Waals surface area (Å²) in [7, 11) is 0. The average molecular weight is 359 g/mol. The Hall–Kier alpha value is -1.88. The van der Waals surface area contributed by atoms with E-state index in [0.717, 1.165) is 30.5 Å². The fourth-order valence-electron chi connectivity index (χ4n) is 3.55. The Morgan fingerprint density at radius 1 is 1.36 bits per heavy atom. The summed E-state index contributed by atoms with van der Waals surface area (Å²) in [6, 6.07) is 4.09. The highest BCUT2D eigenvalue weighted by molar-refractivity contribution is 7.10. The van der Waals surface area contributed by atoms with E-state index in [1.54, 1.807) is 11.3 Å². The molecule has 0 amide bonds. The number of hydrogen-bond donors (Lipinski definition) is 1. The van der Waals surface area contributed by atoms with E-state index < -0.39 is 0 Å². The monoisotopic (exact) mass is 359 g/mol. The number of nitrogens with one attached hydrogen (secondary N) is 1. The smallest absolute Gasteiger partial charge is 0.355 e. The van der Waals surface area contributed by atoms with Crippen molar-refractivity contribution in [3.8, 4) is 0 Å². The molecule has 2 aromatic rings. The first-order valence-electron chi connectivity index (χ1n) is 9.00. The Morgan fingerprint density at radius 2 is 2.12 bits per heavy atom. The predicted octanol–water partition coefficient (Wildman–Crippen LogP) is 4.89. The van der Waals surface area contributed by atoms with Crippen molar-refractivity contribution in [2.45, 2.75) is 52.4 Å². The molecule has 0 radical (unpaired) electrons. The van der Waals surface area contributed by atoms with E-state index in [1.165, 1.54) is 4.88 Å². The zero-order valence-corrected chi connectivity index (χ0v) is 15.9. The summed E-state index contributed by atoms with van der Waals surface area (Å²) in [4.78, 5) is 29.5. The van der Waals surface area contributed by atoms with Crippen molar-refractivity contribution >= 4 is 23.1 Å². The van der Waals surface area contributed by atoms with Crippen LogP contribution in [0.15, 0.2) is 17.5 Å². The molecule has 134 valence electrons. The number of fused-ring (bicyclic) bond motifs is 1. The highest BCUT2D eigenvalue weighted by atomic mass is 32.1. The van der Waals surface area contributed by atoms with Crippen molar-refractivity contribution < 1.29 is 14.3 Å². The maximum Gasteiger partial charge on any atom is 0.355 e. The number of ether oxygens (including phenoxy) is 1. The fraction of sp³-hybridized carbons (Fsp3) is 0.500. The number of thiophene rings is 1. The molecule has 0 aliphatic heterocycles. The van der Waals surface area contributed by atoms with Crippen LogP contribution in [0.3, 0.4) is 0 Å². The maximum absolute atomic E-state index is 12.6. The van der Waals surface area contributed by atoms with E-state index in [1.807, 2.05) is 18.4 Å². The largest absolute Gasteiger partial charge is 0.461 e. The van der Waals surface area contributed by atoms with Crippen LogP contribution in [0.5, 0.6) is 0 Å². The van der Waals surface area contributed by atoms with E-state index in [0.29, 0.717) is 30.2 Å². The molecule has 3 rings (SSSR count). The van der Waals surface area contributed by atoms with Crippen LogP contribution in [0.25, 0.3) is 0 Å². The summed E-state index contributed by atoms with van der Waals surface area (Å²) in [5.74, 6) is 0.358. The van der Waals surface area contributed by atoms with Crippen LogP contribution >= 0.6 is 11.3 Å². The maximum atomic E-state index is 12.6. The Bertz CT molecular complexity index is 756. The third-order valence-electron chi connectivity index (χ3n) is 5.24. The second-order valence-corrected chi connectivity index (χ2v) is 7.78. The molecule has 1 aliphatic rings. The van der Waals surface area contributed by atoms with Gasteiger partial charge in [-0.3, -0.25) is 4.79 Å². The van der Waals surface area contributed by atoms with Crippen LogP contribution in [0.4, 0.5) is 0 Å². The lowest BCUT2D eigenvalue weighted by Crippen LogP contribution is -2.17. The first-order valence-corrected chi connectivity index (χ1v) is 9.88. The Balaban J connectivity index is 1.79. The molecule has 1 N–H and O–H groups in total. The number of aromatic nitrogens is 1. The quantitative estimate of drug-likeness (QED) is 0.747. The number of hydrogen-bond acceptors (Lipinski definition) is 4. The molecular weight excluding hydrogens is 334 g/mol. The summed E-state index contributed by atoms with van der Waals surface area (Å²) in [5, 5.41) is 2.04. The third kappa shape index (κ3) is 3.56. The van der Waals surface area contributed by atoms with Gasteiger partial charge in [-0.05, 0) is 36.3 Å². The molecule has 0 spiro atoms. The molecule has 0 saturated carbocycles.